The number of ether oxygens (including phenoxy) is 1. The number of thiophene rings is 1. The molecule has 0 unspecified atom stereocenters. The number of nitrogens with two attached hydrogens (primary N) is 1. The molecule has 0 aliphatic carbocycles. The summed E-state index contributed by atoms with van der Waals surface area (Å²) in [4.78, 5) is 11.3. The first-order valence-corrected chi connectivity index (χ1v) is 4.64. The fourth-order valence-corrected chi connectivity index (χ4v) is 1.78. The molecule has 1 aromatic rings. The fraction of sp³-hybridized carbons (Fsp3) is 0.375. The van der Waals surface area contributed by atoms with Crippen molar-refractivity contribution in [2.75, 3.05) is 12.3 Å². The Balaban J connectivity index is 3.06. The minimum absolute atomic E-state index is 0.0700. The van der Waals surface area contributed by atoms with Crippen LogP contribution in [0.3, 0.4) is 0 Å². The van der Waals surface area contributed by atoms with Crippen molar-refractivity contribution in [3.05, 3.63) is 11.1 Å². The minimum atomic E-state index is -0.478. The van der Waals surface area contributed by atoms with Crippen molar-refractivity contribution in [3.63, 3.8) is 0 Å². The van der Waals surface area contributed by atoms with Gasteiger partial charge < -0.3 is 15.6 Å². The van der Waals surface area contributed by atoms with Crippen LogP contribution in [0.1, 0.15) is 22.8 Å². The van der Waals surface area contributed by atoms with E-state index in [4.69, 9.17) is 10.5 Å². The zero-order chi connectivity index (χ0) is 10.0. The van der Waals surface area contributed by atoms with E-state index in [1.54, 1.807) is 13.8 Å². The standard InChI is InChI=1S/C8H11NO3S/c1-3-12-7(10)5-4(2)8(11)13-6(5)9/h11H,3,9H2,1-2H3. The molecule has 0 radical (unpaired) electrons. The Morgan fingerprint density at radius 3 is 2.69 bits per heavy atom. The van der Waals surface area contributed by atoms with E-state index in [0.29, 0.717) is 17.2 Å². The Kier molecular flexibility index (Phi) is 2.77. The molecule has 13 heavy (non-hydrogen) atoms. The van der Waals surface area contributed by atoms with Crippen molar-refractivity contribution in [3.8, 4) is 5.06 Å². The zero-order valence-electron chi connectivity index (χ0n) is 7.46. The van der Waals surface area contributed by atoms with Crippen LogP contribution in [-0.2, 0) is 4.74 Å². The summed E-state index contributed by atoms with van der Waals surface area (Å²) < 4.78 is 4.78. The summed E-state index contributed by atoms with van der Waals surface area (Å²) in [5.74, 6) is -0.478. The van der Waals surface area contributed by atoms with E-state index in [1.807, 2.05) is 0 Å². The number of carbonyl (C=O) groups excluding carboxylic acids is 1. The molecule has 0 fully saturated rings. The molecule has 3 N–H and O–H groups in total. The maximum absolute atomic E-state index is 11.3. The first kappa shape index (κ1) is 9.85. The van der Waals surface area contributed by atoms with E-state index < -0.39 is 5.97 Å². The Morgan fingerprint density at radius 2 is 2.31 bits per heavy atom. The van der Waals surface area contributed by atoms with E-state index >= 15 is 0 Å². The van der Waals surface area contributed by atoms with Crippen molar-refractivity contribution in [2.45, 2.75) is 13.8 Å². The maximum Gasteiger partial charge on any atom is 0.341 e. The van der Waals surface area contributed by atoms with Crippen LogP contribution in [-0.4, -0.2) is 17.7 Å². The van der Waals surface area contributed by atoms with Gasteiger partial charge in [0.1, 0.15) is 10.6 Å². The molecule has 1 rings (SSSR count). The molecule has 0 atom stereocenters. The van der Waals surface area contributed by atoms with Gasteiger partial charge in [-0.25, -0.2) is 4.79 Å². The Labute approximate surface area is 79.9 Å². The third-order valence-corrected chi connectivity index (χ3v) is 2.55. The summed E-state index contributed by atoms with van der Waals surface area (Å²) in [6.45, 7) is 3.65. The molecule has 0 aromatic carbocycles. The lowest BCUT2D eigenvalue weighted by Gasteiger charge is -2.01. The lowest BCUT2D eigenvalue weighted by Crippen LogP contribution is -2.07. The molecule has 4 nitrogen and oxygen atoms in total. The van der Waals surface area contributed by atoms with Gasteiger partial charge >= 0.3 is 5.97 Å². The molecular weight excluding hydrogens is 190 g/mol. The highest BCUT2D eigenvalue weighted by Gasteiger charge is 2.19. The maximum atomic E-state index is 11.3. The van der Waals surface area contributed by atoms with Crippen molar-refractivity contribution in [2.24, 2.45) is 0 Å². The predicted octanol–water partition coefficient (Wildman–Crippen LogP) is 1.52. The summed E-state index contributed by atoms with van der Waals surface area (Å²) in [6, 6.07) is 0. The van der Waals surface area contributed by atoms with Gasteiger partial charge in [-0.2, -0.15) is 0 Å². The second kappa shape index (κ2) is 3.66. The molecule has 1 heterocycles. The second-order valence-electron chi connectivity index (χ2n) is 2.49. The number of hydrogen-bond donors (Lipinski definition) is 2. The number of rotatable bonds is 2. The third kappa shape index (κ3) is 1.75. The van der Waals surface area contributed by atoms with E-state index in [1.165, 1.54) is 0 Å². The number of esters is 1. The molecular formula is C8H11NO3S. The van der Waals surface area contributed by atoms with Crippen LogP contribution in [0.25, 0.3) is 0 Å². The Bertz CT molecular complexity index is 332. The molecule has 0 saturated heterocycles. The predicted molar refractivity (Wildman–Crippen MR) is 51.1 cm³/mol. The van der Waals surface area contributed by atoms with Gasteiger partial charge in [-0.1, -0.05) is 11.3 Å². The highest BCUT2D eigenvalue weighted by molar-refractivity contribution is 7.18. The van der Waals surface area contributed by atoms with Crippen LogP contribution >= 0.6 is 11.3 Å². The van der Waals surface area contributed by atoms with E-state index in [9.17, 15) is 9.90 Å². The largest absolute Gasteiger partial charge is 0.499 e. The van der Waals surface area contributed by atoms with E-state index in [0.717, 1.165) is 11.3 Å². The summed E-state index contributed by atoms with van der Waals surface area (Å²) >= 11 is 0.983. The number of hydrogen-bond acceptors (Lipinski definition) is 5. The minimum Gasteiger partial charge on any atom is -0.499 e. The molecule has 0 amide bonds. The van der Waals surface area contributed by atoms with Crippen LogP contribution in [0.4, 0.5) is 5.00 Å². The molecule has 5 heteroatoms. The van der Waals surface area contributed by atoms with Crippen LogP contribution in [0, 0.1) is 6.92 Å². The number of anilines is 1. The average molecular weight is 201 g/mol. The summed E-state index contributed by atoms with van der Waals surface area (Å²) in [6.07, 6.45) is 0. The van der Waals surface area contributed by atoms with Crippen LogP contribution in [0.2, 0.25) is 0 Å². The van der Waals surface area contributed by atoms with Crippen molar-refractivity contribution in [1.29, 1.82) is 0 Å². The first-order valence-electron chi connectivity index (χ1n) is 3.82. The molecule has 72 valence electrons. The van der Waals surface area contributed by atoms with Crippen molar-refractivity contribution in [1.82, 2.24) is 0 Å². The fourth-order valence-electron chi connectivity index (χ4n) is 0.980. The molecule has 0 saturated carbocycles. The van der Waals surface area contributed by atoms with Gasteiger partial charge in [0.25, 0.3) is 0 Å². The summed E-state index contributed by atoms with van der Waals surface area (Å²) in [5, 5.41) is 9.64. The monoisotopic (exact) mass is 201 g/mol. The average Bonchev–Trinajstić information content (AvgIpc) is 2.27. The lowest BCUT2D eigenvalue weighted by atomic mass is 10.2. The Morgan fingerprint density at radius 1 is 1.69 bits per heavy atom. The van der Waals surface area contributed by atoms with Gasteiger partial charge in [-0.15, -0.1) is 0 Å². The van der Waals surface area contributed by atoms with Crippen LogP contribution in [0.15, 0.2) is 0 Å². The highest BCUT2D eigenvalue weighted by Crippen LogP contribution is 2.35. The van der Waals surface area contributed by atoms with Gasteiger partial charge in [-0.3, -0.25) is 0 Å². The third-order valence-electron chi connectivity index (χ3n) is 1.63. The number of aromatic hydroxyl groups is 1. The Hall–Kier alpha value is -1.23. The van der Waals surface area contributed by atoms with E-state index in [-0.39, 0.29) is 10.6 Å². The second-order valence-corrected chi connectivity index (χ2v) is 3.52. The lowest BCUT2D eigenvalue weighted by molar-refractivity contribution is 0.0527. The highest BCUT2D eigenvalue weighted by atomic mass is 32.1. The van der Waals surface area contributed by atoms with Crippen LogP contribution in [0.5, 0.6) is 5.06 Å². The van der Waals surface area contributed by atoms with Gasteiger partial charge in [0.15, 0.2) is 5.06 Å². The molecule has 0 aliphatic rings. The number of carbonyl (C=O) groups is 1. The molecule has 0 aliphatic heterocycles. The number of nitrogen functional groups attached to an aromatic ring is 1. The summed E-state index contributed by atoms with van der Waals surface area (Å²) in [7, 11) is 0. The van der Waals surface area contributed by atoms with Crippen molar-refractivity contribution >= 4 is 22.3 Å². The molecule has 1 aromatic heterocycles. The normalized spacial score (nSPS) is 10.0. The molecule has 0 spiro atoms. The topological polar surface area (TPSA) is 72.5 Å². The quantitative estimate of drug-likeness (QED) is 0.711. The molecule has 0 bridgehead atoms. The summed E-state index contributed by atoms with van der Waals surface area (Å²) in [5.41, 5.74) is 6.30. The van der Waals surface area contributed by atoms with E-state index in [2.05, 4.69) is 0 Å². The van der Waals surface area contributed by atoms with Gasteiger partial charge in [0, 0.05) is 5.56 Å². The smallest absolute Gasteiger partial charge is 0.341 e. The first-order chi connectivity index (χ1) is 6.07. The van der Waals surface area contributed by atoms with Crippen LogP contribution < -0.4 is 5.73 Å². The van der Waals surface area contributed by atoms with Gasteiger partial charge in [0.2, 0.25) is 0 Å². The zero-order valence-corrected chi connectivity index (χ0v) is 8.27. The van der Waals surface area contributed by atoms with Gasteiger partial charge in [-0.05, 0) is 13.8 Å². The van der Waals surface area contributed by atoms with Crippen molar-refractivity contribution < 1.29 is 14.6 Å². The SMILES string of the molecule is CCOC(=O)c1c(N)sc(O)c1C. The van der Waals surface area contributed by atoms with Gasteiger partial charge in [0.05, 0.1) is 6.61 Å².